The molecule has 0 unspecified atom stereocenters. The van der Waals surface area contributed by atoms with Crippen LogP contribution in [0.4, 0.5) is 5.82 Å². The van der Waals surface area contributed by atoms with Crippen LogP contribution in [0.25, 0.3) is 0 Å². The van der Waals surface area contributed by atoms with Gasteiger partial charge in [-0.3, -0.25) is 4.79 Å². The number of carbonyl (C=O) groups excluding carboxylic acids is 1. The summed E-state index contributed by atoms with van der Waals surface area (Å²) in [5.74, 6) is 5.85. The number of hydrazine groups is 1. The van der Waals surface area contributed by atoms with Gasteiger partial charge < -0.3 is 20.2 Å². The summed E-state index contributed by atoms with van der Waals surface area (Å²) in [5.41, 5.74) is 3.75. The predicted octanol–water partition coefficient (Wildman–Crippen LogP) is 0.572. The van der Waals surface area contributed by atoms with Crippen LogP contribution in [0.15, 0.2) is 12.1 Å². The Balaban J connectivity index is 3.04. The minimum atomic E-state index is -0.179. The number of methoxy groups -OCH3 is 1. The average molecular weight is 296 g/mol. The highest BCUT2D eigenvalue weighted by Crippen LogP contribution is 2.18. The van der Waals surface area contributed by atoms with Crippen molar-refractivity contribution in [2.24, 2.45) is 5.84 Å². The fraction of sp³-hybridized carbons (Fsp3) is 0.571. The number of pyridine rings is 1. The van der Waals surface area contributed by atoms with Crippen LogP contribution in [-0.2, 0) is 4.74 Å². The SMILES string of the molecule is COCCN(CCO)C(=O)c1cc(NN)nc(C(C)C)c1. The highest BCUT2D eigenvalue weighted by molar-refractivity contribution is 5.95. The Kier molecular flexibility index (Phi) is 7.07. The first-order chi connectivity index (χ1) is 10.0. The van der Waals surface area contributed by atoms with Gasteiger partial charge in [-0.2, -0.15) is 0 Å². The Hall–Kier alpha value is -1.70. The topological polar surface area (TPSA) is 101 Å². The van der Waals surface area contributed by atoms with Crippen molar-refractivity contribution in [3.05, 3.63) is 23.4 Å². The molecule has 0 radical (unpaired) electrons. The second-order valence-corrected chi connectivity index (χ2v) is 4.97. The van der Waals surface area contributed by atoms with Gasteiger partial charge in [0.25, 0.3) is 5.91 Å². The van der Waals surface area contributed by atoms with Crippen LogP contribution < -0.4 is 11.3 Å². The molecule has 0 bridgehead atoms. The fourth-order valence-corrected chi connectivity index (χ4v) is 1.86. The Bertz CT molecular complexity index is 466. The second-order valence-electron chi connectivity index (χ2n) is 4.97. The number of aliphatic hydroxyl groups excluding tert-OH is 1. The molecule has 0 atom stereocenters. The number of hydrogen-bond donors (Lipinski definition) is 3. The van der Waals surface area contributed by atoms with Crippen molar-refractivity contribution < 1.29 is 14.6 Å². The third-order valence-corrected chi connectivity index (χ3v) is 3.05. The molecule has 7 nitrogen and oxygen atoms in total. The number of carbonyl (C=O) groups is 1. The number of aromatic nitrogens is 1. The molecule has 1 heterocycles. The Labute approximate surface area is 125 Å². The third kappa shape index (κ3) is 4.96. The average Bonchev–Trinajstić information content (AvgIpc) is 2.50. The number of anilines is 1. The molecule has 0 fully saturated rings. The number of nitrogens with two attached hydrogens (primary N) is 1. The number of amides is 1. The molecule has 0 aliphatic carbocycles. The van der Waals surface area contributed by atoms with Crippen LogP contribution >= 0.6 is 0 Å². The van der Waals surface area contributed by atoms with E-state index in [1.54, 1.807) is 24.1 Å². The van der Waals surface area contributed by atoms with Crippen molar-refractivity contribution >= 4 is 11.7 Å². The smallest absolute Gasteiger partial charge is 0.254 e. The molecule has 7 heteroatoms. The summed E-state index contributed by atoms with van der Waals surface area (Å²) in [4.78, 5) is 18.4. The van der Waals surface area contributed by atoms with E-state index in [0.717, 1.165) is 5.69 Å². The second kappa shape index (κ2) is 8.56. The van der Waals surface area contributed by atoms with Crippen LogP contribution in [0.5, 0.6) is 0 Å². The quantitative estimate of drug-likeness (QED) is 0.479. The van der Waals surface area contributed by atoms with E-state index >= 15 is 0 Å². The van der Waals surface area contributed by atoms with E-state index in [9.17, 15) is 4.79 Å². The van der Waals surface area contributed by atoms with Gasteiger partial charge in [-0.25, -0.2) is 10.8 Å². The van der Waals surface area contributed by atoms with Gasteiger partial charge in [0.1, 0.15) is 5.82 Å². The van der Waals surface area contributed by atoms with Gasteiger partial charge in [0, 0.05) is 31.5 Å². The summed E-state index contributed by atoms with van der Waals surface area (Å²) < 4.78 is 4.99. The van der Waals surface area contributed by atoms with Crippen LogP contribution in [0, 0.1) is 0 Å². The van der Waals surface area contributed by atoms with E-state index in [-0.39, 0.29) is 25.0 Å². The summed E-state index contributed by atoms with van der Waals surface area (Å²) in [6.45, 7) is 4.98. The standard InChI is InChI=1S/C14H24N4O3/c1-10(2)12-8-11(9-13(16-12)17-15)14(20)18(4-6-19)5-7-21-3/h8-10,19H,4-7,15H2,1-3H3,(H,16,17). The summed E-state index contributed by atoms with van der Waals surface area (Å²) >= 11 is 0. The maximum atomic E-state index is 12.5. The largest absolute Gasteiger partial charge is 0.395 e. The molecule has 1 rings (SSSR count). The minimum absolute atomic E-state index is 0.0976. The lowest BCUT2D eigenvalue weighted by atomic mass is 10.1. The highest BCUT2D eigenvalue weighted by Gasteiger charge is 2.17. The highest BCUT2D eigenvalue weighted by atomic mass is 16.5. The molecule has 0 aliphatic rings. The Morgan fingerprint density at radius 2 is 2.19 bits per heavy atom. The summed E-state index contributed by atoms with van der Waals surface area (Å²) in [7, 11) is 1.57. The number of hydrogen-bond acceptors (Lipinski definition) is 6. The van der Waals surface area contributed by atoms with Crippen LogP contribution in [0.1, 0.15) is 35.8 Å². The maximum Gasteiger partial charge on any atom is 0.254 e. The van der Waals surface area contributed by atoms with Gasteiger partial charge in [0.15, 0.2) is 0 Å². The van der Waals surface area contributed by atoms with Crippen molar-refractivity contribution in [1.29, 1.82) is 0 Å². The number of rotatable bonds is 8. The molecule has 0 spiro atoms. The fourth-order valence-electron chi connectivity index (χ4n) is 1.86. The third-order valence-electron chi connectivity index (χ3n) is 3.05. The van der Waals surface area contributed by atoms with Gasteiger partial charge >= 0.3 is 0 Å². The first-order valence-electron chi connectivity index (χ1n) is 6.91. The van der Waals surface area contributed by atoms with E-state index in [0.29, 0.717) is 24.5 Å². The van der Waals surface area contributed by atoms with Gasteiger partial charge in [-0.15, -0.1) is 0 Å². The molecule has 0 aliphatic heterocycles. The predicted molar refractivity (Wildman–Crippen MR) is 81.0 cm³/mol. The van der Waals surface area contributed by atoms with Crippen molar-refractivity contribution in [3.8, 4) is 0 Å². The van der Waals surface area contributed by atoms with Crippen LogP contribution in [0.3, 0.4) is 0 Å². The number of ether oxygens (including phenoxy) is 1. The van der Waals surface area contributed by atoms with Gasteiger partial charge in [-0.1, -0.05) is 13.8 Å². The van der Waals surface area contributed by atoms with E-state index in [1.807, 2.05) is 13.8 Å². The first kappa shape index (κ1) is 17.4. The zero-order valence-corrected chi connectivity index (χ0v) is 12.8. The minimum Gasteiger partial charge on any atom is -0.395 e. The normalized spacial score (nSPS) is 10.8. The molecule has 0 saturated heterocycles. The number of aliphatic hydroxyl groups is 1. The lowest BCUT2D eigenvalue weighted by molar-refractivity contribution is 0.0656. The Morgan fingerprint density at radius 1 is 1.48 bits per heavy atom. The molecule has 21 heavy (non-hydrogen) atoms. The lowest BCUT2D eigenvalue weighted by Crippen LogP contribution is -2.36. The van der Waals surface area contributed by atoms with Crippen molar-refractivity contribution in [3.63, 3.8) is 0 Å². The first-order valence-corrected chi connectivity index (χ1v) is 6.91. The van der Waals surface area contributed by atoms with E-state index in [1.165, 1.54) is 0 Å². The molecule has 0 saturated carbocycles. The van der Waals surface area contributed by atoms with Crippen molar-refractivity contribution in [1.82, 2.24) is 9.88 Å². The molecular formula is C14H24N4O3. The zero-order chi connectivity index (χ0) is 15.8. The van der Waals surface area contributed by atoms with E-state index in [4.69, 9.17) is 15.7 Å². The van der Waals surface area contributed by atoms with E-state index in [2.05, 4.69) is 10.4 Å². The van der Waals surface area contributed by atoms with Gasteiger partial charge in [0.2, 0.25) is 0 Å². The number of nitrogens with one attached hydrogen (secondary N) is 1. The lowest BCUT2D eigenvalue weighted by Gasteiger charge is -2.22. The summed E-state index contributed by atoms with van der Waals surface area (Å²) in [5, 5.41) is 9.10. The molecule has 118 valence electrons. The van der Waals surface area contributed by atoms with Crippen LogP contribution in [0.2, 0.25) is 0 Å². The van der Waals surface area contributed by atoms with Crippen molar-refractivity contribution in [2.45, 2.75) is 19.8 Å². The molecule has 4 N–H and O–H groups in total. The zero-order valence-electron chi connectivity index (χ0n) is 12.8. The van der Waals surface area contributed by atoms with Crippen molar-refractivity contribution in [2.75, 3.05) is 38.8 Å². The van der Waals surface area contributed by atoms with Crippen LogP contribution in [-0.4, -0.2) is 54.3 Å². The molecule has 1 aromatic rings. The molecular weight excluding hydrogens is 272 g/mol. The summed E-state index contributed by atoms with van der Waals surface area (Å²) in [6, 6.07) is 3.36. The van der Waals surface area contributed by atoms with E-state index < -0.39 is 0 Å². The molecule has 1 aromatic heterocycles. The maximum absolute atomic E-state index is 12.5. The number of nitrogens with zero attached hydrogens (tertiary/aromatic N) is 2. The summed E-state index contributed by atoms with van der Waals surface area (Å²) in [6.07, 6.45) is 0. The Morgan fingerprint density at radius 3 is 2.71 bits per heavy atom. The van der Waals surface area contributed by atoms with Gasteiger partial charge in [0.05, 0.1) is 13.2 Å². The molecule has 1 amide bonds. The monoisotopic (exact) mass is 296 g/mol. The molecule has 0 aromatic carbocycles. The number of nitrogen functional groups attached to an aromatic ring is 1. The van der Waals surface area contributed by atoms with Gasteiger partial charge in [-0.05, 0) is 18.1 Å².